The molecule has 5 nitrogen and oxygen atoms in total. The number of aromatic hydroxyl groups is 1. The summed E-state index contributed by atoms with van der Waals surface area (Å²) in [5.41, 5.74) is 0.963. The Morgan fingerprint density at radius 2 is 2.00 bits per heavy atom. The number of morpholine rings is 1. The van der Waals surface area contributed by atoms with Gasteiger partial charge in [-0.05, 0) is 31.0 Å². The van der Waals surface area contributed by atoms with Gasteiger partial charge in [0.15, 0.2) is 0 Å². The van der Waals surface area contributed by atoms with Crippen molar-refractivity contribution in [3.63, 3.8) is 0 Å². The molecule has 1 saturated heterocycles. The molecule has 2 N–H and O–H groups in total. The van der Waals surface area contributed by atoms with Gasteiger partial charge in [-0.2, -0.15) is 0 Å². The van der Waals surface area contributed by atoms with E-state index in [4.69, 9.17) is 14.5 Å². The fraction of sp³-hybridized carbons (Fsp3) is 0.632. The molecule has 0 radical (unpaired) electrons. The molecule has 0 unspecified atom stereocenters. The highest BCUT2D eigenvalue weighted by Gasteiger charge is 2.42. The summed E-state index contributed by atoms with van der Waals surface area (Å²) in [7, 11) is 1.63. The number of aliphatic imine (C=N–C) groups is 1. The fourth-order valence-corrected chi connectivity index (χ4v) is 4.08. The SMILES string of the molecule is COc1ccc(O)c(C=NCC2([NH+]3CCOCC3)CCCCC2)c1. The lowest BCUT2D eigenvalue weighted by atomic mass is 9.80. The second-order valence-electron chi connectivity index (χ2n) is 6.95. The standard InChI is InChI=1S/C19H28N2O3/c1-23-17-5-6-18(22)16(13-17)14-20-15-19(7-3-2-4-8-19)21-9-11-24-12-10-21/h5-6,13-14,22H,2-4,7-12,15H2,1H3/p+1. The highest BCUT2D eigenvalue weighted by molar-refractivity contribution is 5.84. The smallest absolute Gasteiger partial charge is 0.124 e. The van der Waals surface area contributed by atoms with Crippen LogP contribution in [-0.2, 0) is 4.74 Å². The molecule has 132 valence electrons. The molecule has 0 aromatic heterocycles. The van der Waals surface area contributed by atoms with Crippen LogP contribution in [0.5, 0.6) is 11.5 Å². The Labute approximate surface area is 144 Å². The van der Waals surface area contributed by atoms with Crippen molar-refractivity contribution in [3.8, 4) is 11.5 Å². The first-order valence-electron chi connectivity index (χ1n) is 9.03. The number of nitrogens with zero attached hydrogens (tertiary/aromatic N) is 1. The third-order valence-electron chi connectivity index (χ3n) is 5.52. The van der Waals surface area contributed by atoms with E-state index in [1.165, 1.54) is 32.1 Å². The van der Waals surface area contributed by atoms with E-state index < -0.39 is 0 Å². The van der Waals surface area contributed by atoms with Crippen molar-refractivity contribution in [2.75, 3.05) is 40.0 Å². The van der Waals surface area contributed by atoms with Crippen LogP contribution in [0.4, 0.5) is 0 Å². The van der Waals surface area contributed by atoms with Crippen molar-refractivity contribution in [2.45, 2.75) is 37.6 Å². The lowest BCUT2D eigenvalue weighted by Gasteiger charge is -2.44. The van der Waals surface area contributed by atoms with Crippen LogP contribution in [0.1, 0.15) is 37.7 Å². The maximum absolute atomic E-state index is 10.0. The summed E-state index contributed by atoms with van der Waals surface area (Å²) >= 11 is 0. The Morgan fingerprint density at radius 3 is 2.71 bits per heavy atom. The first-order chi connectivity index (χ1) is 11.7. The minimum atomic E-state index is 0.243. The Balaban J connectivity index is 1.73. The van der Waals surface area contributed by atoms with Crippen LogP contribution < -0.4 is 9.64 Å². The number of phenols is 1. The van der Waals surface area contributed by atoms with Gasteiger partial charge in [0.1, 0.15) is 30.1 Å². The summed E-state index contributed by atoms with van der Waals surface area (Å²) in [5.74, 6) is 0.983. The number of rotatable bonds is 5. The van der Waals surface area contributed by atoms with E-state index in [0.717, 1.165) is 44.2 Å². The molecule has 1 aromatic carbocycles. The molecule has 3 rings (SSSR count). The molecule has 0 amide bonds. The second kappa shape index (κ2) is 7.99. The normalized spacial score (nSPS) is 21.9. The molecule has 1 aliphatic carbocycles. The topological polar surface area (TPSA) is 55.5 Å². The van der Waals surface area contributed by atoms with E-state index in [1.807, 2.05) is 6.07 Å². The maximum Gasteiger partial charge on any atom is 0.124 e. The molecule has 2 aliphatic rings. The van der Waals surface area contributed by atoms with Crippen LogP contribution in [0.2, 0.25) is 0 Å². The molecular formula is C19H29N2O3+. The molecule has 1 aliphatic heterocycles. The third kappa shape index (κ3) is 3.90. The van der Waals surface area contributed by atoms with Gasteiger partial charge in [0.25, 0.3) is 0 Å². The van der Waals surface area contributed by atoms with Crippen LogP contribution in [0.15, 0.2) is 23.2 Å². The summed E-state index contributed by atoms with van der Waals surface area (Å²) in [6.45, 7) is 4.70. The van der Waals surface area contributed by atoms with Gasteiger partial charge < -0.3 is 19.5 Å². The Bertz CT molecular complexity index is 562. The van der Waals surface area contributed by atoms with E-state index in [0.29, 0.717) is 0 Å². The summed E-state index contributed by atoms with van der Waals surface area (Å²) in [6.07, 6.45) is 8.21. The molecule has 0 spiro atoms. The number of hydrogen-bond donors (Lipinski definition) is 2. The number of hydrogen-bond acceptors (Lipinski definition) is 4. The van der Waals surface area contributed by atoms with Gasteiger partial charge in [0, 0.05) is 24.6 Å². The van der Waals surface area contributed by atoms with Crippen molar-refractivity contribution in [1.82, 2.24) is 0 Å². The van der Waals surface area contributed by atoms with Gasteiger partial charge in [-0.15, -0.1) is 0 Å². The van der Waals surface area contributed by atoms with Crippen LogP contribution >= 0.6 is 0 Å². The average molecular weight is 333 g/mol. The summed E-state index contributed by atoms with van der Waals surface area (Å²) in [5, 5.41) is 10.0. The molecule has 1 heterocycles. The van der Waals surface area contributed by atoms with Gasteiger partial charge in [-0.3, -0.25) is 4.99 Å². The van der Waals surface area contributed by atoms with Crippen molar-refractivity contribution in [2.24, 2.45) is 4.99 Å². The van der Waals surface area contributed by atoms with Crippen LogP contribution in [0.3, 0.4) is 0 Å². The summed E-state index contributed by atoms with van der Waals surface area (Å²) in [4.78, 5) is 6.40. The Kier molecular flexibility index (Phi) is 5.74. The number of benzene rings is 1. The monoisotopic (exact) mass is 333 g/mol. The fourth-order valence-electron chi connectivity index (χ4n) is 4.08. The van der Waals surface area contributed by atoms with Gasteiger partial charge in [0.2, 0.25) is 0 Å². The van der Waals surface area contributed by atoms with Crippen molar-refractivity contribution in [3.05, 3.63) is 23.8 Å². The highest BCUT2D eigenvalue weighted by Crippen LogP contribution is 2.27. The van der Waals surface area contributed by atoms with E-state index in [9.17, 15) is 5.11 Å². The molecule has 0 atom stereocenters. The predicted molar refractivity (Wildman–Crippen MR) is 94.5 cm³/mol. The zero-order valence-electron chi connectivity index (χ0n) is 14.6. The van der Waals surface area contributed by atoms with Crippen LogP contribution in [0, 0.1) is 0 Å². The number of ether oxygens (including phenoxy) is 2. The molecule has 24 heavy (non-hydrogen) atoms. The third-order valence-corrected chi connectivity index (χ3v) is 5.52. The largest absolute Gasteiger partial charge is 0.507 e. The molecular weight excluding hydrogens is 304 g/mol. The van der Waals surface area contributed by atoms with Crippen molar-refractivity contribution in [1.29, 1.82) is 0 Å². The summed E-state index contributed by atoms with van der Waals surface area (Å²) < 4.78 is 10.8. The van der Waals surface area contributed by atoms with E-state index in [1.54, 1.807) is 30.4 Å². The van der Waals surface area contributed by atoms with E-state index in [-0.39, 0.29) is 11.3 Å². The zero-order chi connectivity index (χ0) is 16.8. The molecule has 1 saturated carbocycles. The van der Waals surface area contributed by atoms with Gasteiger partial charge in [0.05, 0.1) is 26.9 Å². The Morgan fingerprint density at radius 1 is 1.25 bits per heavy atom. The number of phenolic OH excluding ortho intramolecular Hbond substituents is 1. The second-order valence-corrected chi connectivity index (χ2v) is 6.95. The van der Waals surface area contributed by atoms with Gasteiger partial charge >= 0.3 is 0 Å². The highest BCUT2D eigenvalue weighted by atomic mass is 16.5. The van der Waals surface area contributed by atoms with Crippen molar-refractivity contribution >= 4 is 6.21 Å². The zero-order valence-corrected chi connectivity index (χ0v) is 14.6. The lowest BCUT2D eigenvalue weighted by Crippen LogP contribution is -3.22. The quantitative estimate of drug-likeness (QED) is 0.802. The molecule has 0 bridgehead atoms. The number of nitrogens with one attached hydrogen (secondary N) is 1. The number of methoxy groups -OCH3 is 1. The van der Waals surface area contributed by atoms with Crippen molar-refractivity contribution < 1.29 is 19.5 Å². The Hall–Kier alpha value is -1.59. The minimum Gasteiger partial charge on any atom is -0.507 e. The number of quaternary nitrogens is 1. The first-order valence-corrected chi connectivity index (χ1v) is 9.03. The van der Waals surface area contributed by atoms with Gasteiger partial charge in [-0.1, -0.05) is 6.42 Å². The van der Waals surface area contributed by atoms with E-state index in [2.05, 4.69) is 0 Å². The van der Waals surface area contributed by atoms with Gasteiger partial charge in [-0.25, -0.2) is 0 Å². The summed E-state index contributed by atoms with van der Waals surface area (Å²) in [6, 6.07) is 5.24. The molecule has 2 fully saturated rings. The molecule has 5 heteroatoms. The molecule has 1 aromatic rings. The lowest BCUT2D eigenvalue weighted by molar-refractivity contribution is -0.959. The van der Waals surface area contributed by atoms with E-state index >= 15 is 0 Å². The van der Waals surface area contributed by atoms with Crippen LogP contribution in [0.25, 0.3) is 0 Å². The minimum absolute atomic E-state index is 0.243. The average Bonchev–Trinajstić information content (AvgIpc) is 2.65. The first kappa shape index (κ1) is 17.2. The predicted octanol–water partition coefficient (Wildman–Crippen LogP) is 1.44. The van der Waals surface area contributed by atoms with Crippen LogP contribution in [-0.4, -0.2) is 56.8 Å². The maximum atomic E-state index is 10.0.